The van der Waals surface area contributed by atoms with Crippen LogP contribution in [0.1, 0.15) is 10.4 Å². The molecule has 0 bridgehead atoms. The molecular formula is C11H11N3O2. The molecular weight excluding hydrogens is 206 g/mol. The van der Waals surface area contributed by atoms with Crippen LogP contribution in [0.4, 0.5) is 5.82 Å². The van der Waals surface area contributed by atoms with Gasteiger partial charge in [-0.25, -0.2) is 9.78 Å². The van der Waals surface area contributed by atoms with E-state index in [4.69, 9.17) is 10.8 Å². The zero-order valence-corrected chi connectivity index (χ0v) is 8.45. The molecule has 0 fully saturated rings. The summed E-state index contributed by atoms with van der Waals surface area (Å²) in [5, 5.41) is 8.39. The second-order valence-corrected chi connectivity index (χ2v) is 2.80. The largest absolute Gasteiger partial charge is 0.478 e. The van der Waals surface area contributed by atoms with Gasteiger partial charge < -0.3 is 10.8 Å². The van der Waals surface area contributed by atoms with Crippen LogP contribution in [0, 0.1) is 0 Å². The van der Waals surface area contributed by atoms with Crippen molar-refractivity contribution >= 4 is 11.8 Å². The van der Waals surface area contributed by atoms with Crippen LogP contribution >= 0.6 is 0 Å². The van der Waals surface area contributed by atoms with Gasteiger partial charge in [0.15, 0.2) is 0 Å². The number of nitrogens with zero attached hydrogens (tertiary/aromatic N) is 2. The summed E-state index contributed by atoms with van der Waals surface area (Å²) in [5.74, 6) is -0.669. The normalized spacial score (nSPS) is 8.75. The molecule has 0 aliphatic rings. The Labute approximate surface area is 92.6 Å². The summed E-state index contributed by atoms with van der Waals surface area (Å²) >= 11 is 0. The number of carboxylic acids is 1. The van der Waals surface area contributed by atoms with Gasteiger partial charge in [0.25, 0.3) is 0 Å². The van der Waals surface area contributed by atoms with E-state index in [0.29, 0.717) is 5.82 Å². The molecule has 5 nitrogen and oxygen atoms in total. The summed E-state index contributed by atoms with van der Waals surface area (Å²) in [7, 11) is 0. The number of aromatic nitrogens is 2. The number of anilines is 1. The van der Waals surface area contributed by atoms with Gasteiger partial charge in [0, 0.05) is 18.6 Å². The molecule has 3 N–H and O–H groups in total. The minimum Gasteiger partial charge on any atom is -0.478 e. The highest BCUT2D eigenvalue weighted by molar-refractivity contribution is 5.87. The predicted molar refractivity (Wildman–Crippen MR) is 59.8 cm³/mol. The van der Waals surface area contributed by atoms with Crippen molar-refractivity contribution in [1.82, 2.24) is 9.97 Å². The maximum Gasteiger partial charge on any atom is 0.337 e. The molecule has 0 saturated carbocycles. The van der Waals surface area contributed by atoms with Gasteiger partial charge in [0.05, 0.1) is 5.56 Å². The molecule has 0 amide bonds. The lowest BCUT2D eigenvalue weighted by molar-refractivity contribution is 0.0696. The SMILES string of the molecule is Nc1ccc(C(=O)O)cn1.c1ccncc1. The Morgan fingerprint density at radius 2 is 1.88 bits per heavy atom. The average molecular weight is 217 g/mol. The lowest BCUT2D eigenvalue weighted by Crippen LogP contribution is -1.98. The van der Waals surface area contributed by atoms with Crippen molar-refractivity contribution in [2.45, 2.75) is 0 Å². The van der Waals surface area contributed by atoms with E-state index in [2.05, 4.69) is 9.97 Å². The van der Waals surface area contributed by atoms with E-state index in [9.17, 15) is 4.79 Å². The summed E-state index contributed by atoms with van der Waals surface area (Å²) < 4.78 is 0. The third kappa shape index (κ3) is 4.19. The monoisotopic (exact) mass is 217 g/mol. The Morgan fingerprint density at radius 1 is 1.19 bits per heavy atom. The third-order valence-corrected chi connectivity index (χ3v) is 1.60. The molecule has 82 valence electrons. The Balaban J connectivity index is 0.000000181. The minimum absolute atomic E-state index is 0.147. The molecule has 0 radical (unpaired) electrons. The second-order valence-electron chi connectivity index (χ2n) is 2.80. The summed E-state index contributed by atoms with van der Waals surface area (Å²) in [6.45, 7) is 0. The zero-order valence-electron chi connectivity index (χ0n) is 8.45. The van der Waals surface area contributed by atoms with Crippen LogP contribution in [0.15, 0.2) is 48.9 Å². The van der Waals surface area contributed by atoms with Crippen molar-refractivity contribution in [2.75, 3.05) is 5.73 Å². The van der Waals surface area contributed by atoms with Gasteiger partial charge in [-0.15, -0.1) is 0 Å². The molecule has 0 unspecified atom stereocenters. The first-order chi connectivity index (χ1) is 7.70. The lowest BCUT2D eigenvalue weighted by Gasteiger charge is -1.92. The van der Waals surface area contributed by atoms with E-state index >= 15 is 0 Å². The minimum atomic E-state index is -0.993. The van der Waals surface area contributed by atoms with Crippen LogP contribution in [0.5, 0.6) is 0 Å². The number of carbonyl (C=O) groups is 1. The van der Waals surface area contributed by atoms with Gasteiger partial charge in [-0.2, -0.15) is 0 Å². The number of rotatable bonds is 1. The quantitative estimate of drug-likeness (QED) is 0.754. The van der Waals surface area contributed by atoms with E-state index in [-0.39, 0.29) is 5.56 Å². The van der Waals surface area contributed by atoms with Gasteiger partial charge in [-0.3, -0.25) is 4.98 Å². The number of pyridine rings is 2. The van der Waals surface area contributed by atoms with Crippen molar-refractivity contribution in [1.29, 1.82) is 0 Å². The lowest BCUT2D eigenvalue weighted by atomic mass is 10.3. The Bertz CT molecular complexity index is 402. The topological polar surface area (TPSA) is 89.1 Å². The molecule has 0 aromatic carbocycles. The number of carboxylic acid groups (broad SMARTS) is 1. The van der Waals surface area contributed by atoms with E-state index in [1.165, 1.54) is 18.3 Å². The molecule has 2 aromatic heterocycles. The summed E-state index contributed by atoms with van der Waals surface area (Å²) in [4.78, 5) is 17.6. The van der Waals surface area contributed by atoms with Gasteiger partial charge in [-0.05, 0) is 24.3 Å². The summed E-state index contributed by atoms with van der Waals surface area (Å²) in [6, 6.07) is 8.57. The van der Waals surface area contributed by atoms with Crippen LogP contribution in [-0.2, 0) is 0 Å². The fraction of sp³-hybridized carbons (Fsp3) is 0. The van der Waals surface area contributed by atoms with Crippen LogP contribution in [-0.4, -0.2) is 21.0 Å². The zero-order chi connectivity index (χ0) is 11.8. The fourth-order valence-electron chi connectivity index (χ4n) is 0.844. The van der Waals surface area contributed by atoms with Crippen molar-refractivity contribution in [3.05, 3.63) is 54.5 Å². The maximum atomic E-state index is 10.2. The van der Waals surface area contributed by atoms with Crippen molar-refractivity contribution in [2.24, 2.45) is 0 Å². The van der Waals surface area contributed by atoms with Gasteiger partial charge in [0.2, 0.25) is 0 Å². The Morgan fingerprint density at radius 3 is 2.19 bits per heavy atom. The predicted octanol–water partition coefficient (Wildman–Crippen LogP) is 1.44. The molecule has 0 atom stereocenters. The molecule has 0 spiro atoms. The van der Waals surface area contributed by atoms with E-state index in [0.717, 1.165) is 0 Å². The first-order valence-corrected chi connectivity index (χ1v) is 4.50. The summed E-state index contributed by atoms with van der Waals surface area (Å²) in [6.07, 6.45) is 4.72. The number of hydrogen-bond acceptors (Lipinski definition) is 4. The molecule has 2 aromatic rings. The molecule has 0 saturated heterocycles. The highest BCUT2D eigenvalue weighted by Crippen LogP contribution is 1.99. The smallest absolute Gasteiger partial charge is 0.337 e. The first kappa shape index (κ1) is 11.6. The van der Waals surface area contributed by atoms with Crippen LogP contribution in [0.2, 0.25) is 0 Å². The third-order valence-electron chi connectivity index (χ3n) is 1.60. The molecule has 16 heavy (non-hydrogen) atoms. The first-order valence-electron chi connectivity index (χ1n) is 4.50. The average Bonchev–Trinajstić information content (AvgIpc) is 2.32. The van der Waals surface area contributed by atoms with Crippen LogP contribution in [0.3, 0.4) is 0 Å². The highest BCUT2D eigenvalue weighted by atomic mass is 16.4. The number of nitrogen functional groups attached to an aromatic ring is 1. The van der Waals surface area contributed by atoms with Gasteiger partial charge in [-0.1, -0.05) is 6.07 Å². The van der Waals surface area contributed by atoms with E-state index in [1.807, 2.05) is 18.2 Å². The fourth-order valence-corrected chi connectivity index (χ4v) is 0.844. The molecule has 2 rings (SSSR count). The Kier molecular flexibility index (Phi) is 4.46. The van der Waals surface area contributed by atoms with Crippen LogP contribution < -0.4 is 5.73 Å². The van der Waals surface area contributed by atoms with Crippen molar-refractivity contribution in [3.8, 4) is 0 Å². The standard InChI is InChI=1S/C6H6N2O2.C5H5N/c7-5-2-1-4(3-8-5)6(9)10;1-2-4-6-5-3-1/h1-3H,(H2,7,8)(H,9,10);1-5H. The van der Waals surface area contributed by atoms with Crippen molar-refractivity contribution in [3.63, 3.8) is 0 Å². The van der Waals surface area contributed by atoms with Crippen LogP contribution in [0.25, 0.3) is 0 Å². The molecule has 5 heteroatoms. The van der Waals surface area contributed by atoms with Gasteiger partial charge in [0.1, 0.15) is 5.82 Å². The second kappa shape index (κ2) is 6.13. The number of nitrogens with two attached hydrogens (primary N) is 1. The molecule has 0 aliphatic heterocycles. The maximum absolute atomic E-state index is 10.2. The van der Waals surface area contributed by atoms with Gasteiger partial charge >= 0.3 is 5.97 Å². The molecule has 2 heterocycles. The molecule has 0 aliphatic carbocycles. The highest BCUT2D eigenvalue weighted by Gasteiger charge is 1.99. The summed E-state index contributed by atoms with van der Waals surface area (Å²) in [5.41, 5.74) is 5.37. The number of hydrogen-bond donors (Lipinski definition) is 2. The van der Waals surface area contributed by atoms with E-state index in [1.54, 1.807) is 12.4 Å². The van der Waals surface area contributed by atoms with Crippen molar-refractivity contribution < 1.29 is 9.90 Å². The number of aromatic carboxylic acids is 1. The Hall–Kier alpha value is -2.43. The van der Waals surface area contributed by atoms with E-state index < -0.39 is 5.97 Å².